The predicted molar refractivity (Wildman–Crippen MR) is 70.4 cm³/mol. The first-order chi connectivity index (χ1) is 8.06. The summed E-state index contributed by atoms with van der Waals surface area (Å²) in [6.07, 6.45) is 2.35. The topological polar surface area (TPSA) is 41.1 Å². The summed E-state index contributed by atoms with van der Waals surface area (Å²) in [4.78, 5) is 11.9. The van der Waals surface area contributed by atoms with Gasteiger partial charge in [0.15, 0.2) is 0 Å². The van der Waals surface area contributed by atoms with Gasteiger partial charge in [-0.25, -0.2) is 0 Å². The molecule has 1 amide bonds. The molecule has 0 bridgehead atoms. The molecular formula is C13H17ClN2O. The van der Waals surface area contributed by atoms with Crippen molar-refractivity contribution >= 4 is 23.2 Å². The number of carbonyl (C=O) groups excluding carboxylic acids is 1. The standard InChI is InChI=1S/C13H17ClN2O/c1-8-3-4-10(14)7-12(8)16-13(17)9(2)15-11-5-6-11/h3-4,7,9,11,15H,5-6H2,1-2H3,(H,16,17). The Morgan fingerprint density at radius 3 is 2.82 bits per heavy atom. The van der Waals surface area contributed by atoms with Gasteiger partial charge < -0.3 is 10.6 Å². The van der Waals surface area contributed by atoms with Crippen molar-refractivity contribution in [2.24, 2.45) is 0 Å². The van der Waals surface area contributed by atoms with Gasteiger partial charge in [0.05, 0.1) is 6.04 Å². The van der Waals surface area contributed by atoms with E-state index in [-0.39, 0.29) is 11.9 Å². The molecule has 2 rings (SSSR count). The quantitative estimate of drug-likeness (QED) is 0.865. The Kier molecular flexibility index (Phi) is 3.69. The number of carbonyl (C=O) groups is 1. The first-order valence-corrected chi connectivity index (χ1v) is 6.27. The highest BCUT2D eigenvalue weighted by Gasteiger charge is 2.25. The molecule has 4 heteroatoms. The van der Waals surface area contributed by atoms with Crippen molar-refractivity contribution in [3.05, 3.63) is 28.8 Å². The van der Waals surface area contributed by atoms with Crippen LogP contribution < -0.4 is 10.6 Å². The van der Waals surface area contributed by atoms with Crippen LogP contribution in [0.4, 0.5) is 5.69 Å². The summed E-state index contributed by atoms with van der Waals surface area (Å²) in [6.45, 7) is 3.83. The van der Waals surface area contributed by atoms with Crippen molar-refractivity contribution in [3.63, 3.8) is 0 Å². The van der Waals surface area contributed by atoms with Crippen LogP contribution in [-0.2, 0) is 4.79 Å². The molecule has 3 nitrogen and oxygen atoms in total. The number of amides is 1. The van der Waals surface area contributed by atoms with E-state index in [9.17, 15) is 4.79 Å². The van der Waals surface area contributed by atoms with Crippen molar-refractivity contribution in [3.8, 4) is 0 Å². The van der Waals surface area contributed by atoms with Gasteiger partial charge >= 0.3 is 0 Å². The van der Waals surface area contributed by atoms with Crippen molar-refractivity contribution in [1.29, 1.82) is 0 Å². The van der Waals surface area contributed by atoms with Gasteiger partial charge in [0.2, 0.25) is 5.91 Å². The molecule has 0 radical (unpaired) electrons. The van der Waals surface area contributed by atoms with Crippen LogP contribution >= 0.6 is 11.6 Å². The minimum atomic E-state index is -0.166. The molecule has 1 aliphatic carbocycles. The smallest absolute Gasteiger partial charge is 0.241 e. The fourth-order valence-electron chi connectivity index (χ4n) is 1.65. The van der Waals surface area contributed by atoms with Gasteiger partial charge in [0.1, 0.15) is 0 Å². The molecule has 92 valence electrons. The minimum absolute atomic E-state index is 0.0118. The van der Waals surface area contributed by atoms with Crippen LogP contribution in [0, 0.1) is 6.92 Å². The maximum atomic E-state index is 11.9. The van der Waals surface area contributed by atoms with Crippen molar-refractivity contribution in [1.82, 2.24) is 5.32 Å². The van der Waals surface area contributed by atoms with Crippen LogP contribution in [0.25, 0.3) is 0 Å². The second-order valence-corrected chi connectivity index (χ2v) is 5.05. The second-order valence-electron chi connectivity index (χ2n) is 4.61. The first-order valence-electron chi connectivity index (χ1n) is 5.89. The van der Waals surface area contributed by atoms with Gasteiger partial charge in [0.25, 0.3) is 0 Å². The lowest BCUT2D eigenvalue weighted by Crippen LogP contribution is -2.39. The van der Waals surface area contributed by atoms with Crippen LogP contribution in [0.1, 0.15) is 25.3 Å². The lowest BCUT2D eigenvalue weighted by molar-refractivity contribution is -0.117. The highest BCUT2D eigenvalue weighted by molar-refractivity contribution is 6.31. The van der Waals surface area contributed by atoms with Gasteiger partial charge in [-0.3, -0.25) is 4.79 Å². The summed E-state index contributed by atoms with van der Waals surface area (Å²) >= 11 is 5.91. The van der Waals surface area contributed by atoms with E-state index in [0.717, 1.165) is 11.3 Å². The van der Waals surface area contributed by atoms with Crippen molar-refractivity contribution in [2.45, 2.75) is 38.8 Å². The van der Waals surface area contributed by atoms with Crippen LogP contribution in [0.5, 0.6) is 0 Å². The molecule has 1 aromatic rings. The fraction of sp³-hybridized carbons (Fsp3) is 0.462. The summed E-state index contributed by atoms with van der Waals surface area (Å²) in [7, 11) is 0. The second kappa shape index (κ2) is 5.07. The van der Waals surface area contributed by atoms with E-state index in [4.69, 9.17) is 11.6 Å². The largest absolute Gasteiger partial charge is 0.324 e. The molecule has 1 saturated carbocycles. The van der Waals surface area contributed by atoms with Gasteiger partial charge in [-0.1, -0.05) is 17.7 Å². The number of anilines is 1. The van der Waals surface area contributed by atoms with Crippen LogP contribution in [0.3, 0.4) is 0 Å². The Balaban J connectivity index is 1.98. The van der Waals surface area contributed by atoms with E-state index >= 15 is 0 Å². The van der Waals surface area contributed by atoms with Gasteiger partial charge in [0, 0.05) is 16.8 Å². The number of nitrogens with one attached hydrogen (secondary N) is 2. The monoisotopic (exact) mass is 252 g/mol. The van der Waals surface area contributed by atoms with Gasteiger partial charge in [-0.15, -0.1) is 0 Å². The highest BCUT2D eigenvalue weighted by atomic mass is 35.5. The molecule has 1 aromatic carbocycles. The Morgan fingerprint density at radius 1 is 1.47 bits per heavy atom. The number of halogens is 1. The molecule has 2 N–H and O–H groups in total. The Morgan fingerprint density at radius 2 is 2.18 bits per heavy atom. The molecule has 1 fully saturated rings. The third kappa shape index (κ3) is 3.45. The fourth-order valence-corrected chi connectivity index (χ4v) is 1.82. The van der Waals surface area contributed by atoms with E-state index in [2.05, 4.69) is 10.6 Å². The van der Waals surface area contributed by atoms with Gasteiger partial charge in [-0.2, -0.15) is 0 Å². The summed E-state index contributed by atoms with van der Waals surface area (Å²) in [6, 6.07) is 5.85. The van der Waals surface area contributed by atoms with Crippen LogP contribution in [0.15, 0.2) is 18.2 Å². The Hall–Kier alpha value is -1.06. The number of hydrogen-bond acceptors (Lipinski definition) is 2. The third-order valence-electron chi connectivity index (χ3n) is 2.91. The van der Waals surface area contributed by atoms with E-state index in [1.54, 1.807) is 6.07 Å². The third-order valence-corrected chi connectivity index (χ3v) is 3.15. The summed E-state index contributed by atoms with van der Waals surface area (Å²) < 4.78 is 0. The highest BCUT2D eigenvalue weighted by Crippen LogP contribution is 2.21. The zero-order chi connectivity index (χ0) is 12.4. The predicted octanol–water partition coefficient (Wildman–Crippen LogP) is 2.73. The molecule has 0 aliphatic heterocycles. The molecule has 0 saturated heterocycles. The number of aryl methyl sites for hydroxylation is 1. The molecule has 17 heavy (non-hydrogen) atoms. The van der Waals surface area contributed by atoms with E-state index in [1.165, 1.54) is 12.8 Å². The van der Waals surface area contributed by atoms with Gasteiger partial charge in [-0.05, 0) is 44.4 Å². The zero-order valence-electron chi connectivity index (χ0n) is 10.1. The Bertz CT molecular complexity index is 429. The van der Waals surface area contributed by atoms with E-state index in [1.807, 2.05) is 26.0 Å². The number of benzene rings is 1. The lowest BCUT2D eigenvalue weighted by Gasteiger charge is -2.15. The average Bonchev–Trinajstić information content (AvgIpc) is 3.07. The molecule has 1 aliphatic rings. The molecule has 1 unspecified atom stereocenters. The van der Waals surface area contributed by atoms with Crippen LogP contribution in [0.2, 0.25) is 5.02 Å². The normalized spacial score (nSPS) is 16.6. The number of rotatable bonds is 4. The minimum Gasteiger partial charge on any atom is -0.324 e. The molecule has 0 spiro atoms. The Labute approximate surface area is 107 Å². The molecular weight excluding hydrogens is 236 g/mol. The summed E-state index contributed by atoms with van der Waals surface area (Å²) in [5, 5.41) is 6.79. The summed E-state index contributed by atoms with van der Waals surface area (Å²) in [5.41, 5.74) is 1.80. The number of hydrogen-bond donors (Lipinski definition) is 2. The molecule has 1 atom stereocenters. The maximum absolute atomic E-state index is 11.9. The SMILES string of the molecule is Cc1ccc(Cl)cc1NC(=O)C(C)NC1CC1. The average molecular weight is 253 g/mol. The van der Waals surface area contributed by atoms with E-state index < -0.39 is 0 Å². The first kappa shape index (κ1) is 12.4. The molecule has 0 heterocycles. The van der Waals surface area contributed by atoms with Crippen molar-refractivity contribution in [2.75, 3.05) is 5.32 Å². The summed E-state index contributed by atoms with van der Waals surface area (Å²) in [5.74, 6) is -0.0118. The molecule has 0 aromatic heterocycles. The van der Waals surface area contributed by atoms with E-state index in [0.29, 0.717) is 11.1 Å². The lowest BCUT2D eigenvalue weighted by atomic mass is 10.2. The zero-order valence-corrected chi connectivity index (χ0v) is 10.8. The maximum Gasteiger partial charge on any atom is 0.241 e. The van der Waals surface area contributed by atoms with Crippen LogP contribution in [-0.4, -0.2) is 18.0 Å². The van der Waals surface area contributed by atoms with Crippen molar-refractivity contribution < 1.29 is 4.79 Å².